The second-order valence-electron chi connectivity index (χ2n) is 13.4. The molecule has 0 bridgehead atoms. The molecule has 10 heteroatoms. The number of phenolic OH excluding ortho intramolecular Hbond substituents is 1. The highest BCUT2D eigenvalue weighted by Crippen LogP contribution is 2.65. The molecule has 1 heterocycles. The van der Waals surface area contributed by atoms with E-state index >= 15 is 9.59 Å². The molecule has 256 valence electrons. The number of nitrogens with zero attached hydrogens (tertiary/aromatic N) is 1. The Kier molecular flexibility index (Phi) is 8.70. The fraction of sp³-hybridized carbons (Fsp3) is 0.220. The van der Waals surface area contributed by atoms with Gasteiger partial charge in [0.05, 0.1) is 34.5 Å². The number of imide groups is 1. The lowest BCUT2D eigenvalue weighted by molar-refractivity contribution is -0.135. The molecule has 1 saturated carbocycles. The highest BCUT2D eigenvalue weighted by Gasteiger charge is 2.66. The van der Waals surface area contributed by atoms with Gasteiger partial charge in [-0.2, -0.15) is 0 Å². The molecular formula is C41H30Br2INO6. The molecule has 1 N–H and O–H groups in total. The van der Waals surface area contributed by atoms with Crippen LogP contribution in [0.4, 0.5) is 5.69 Å². The Morgan fingerprint density at radius 2 is 1.53 bits per heavy atom. The first-order valence-electron chi connectivity index (χ1n) is 16.6. The number of carbonyl (C=O) groups is 4. The molecule has 0 unspecified atom stereocenters. The molecular weight excluding hydrogens is 889 g/mol. The van der Waals surface area contributed by atoms with Crippen LogP contribution in [0.25, 0.3) is 5.57 Å². The molecule has 1 aliphatic heterocycles. The summed E-state index contributed by atoms with van der Waals surface area (Å²) in [5, 5.41) is 11.0. The van der Waals surface area contributed by atoms with Crippen molar-refractivity contribution in [1.29, 1.82) is 0 Å². The van der Waals surface area contributed by atoms with Gasteiger partial charge >= 0.3 is 0 Å². The minimum Gasteiger partial charge on any atom is -0.503 e. The summed E-state index contributed by atoms with van der Waals surface area (Å²) >= 11 is 9.46. The van der Waals surface area contributed by atoms with Crippen LogP contribution in [0.3, 0.4) is 0 Å². The van der Waals surface area contributed by atoms with Gasteiger partial charge in [-0.05, 0) is 126 Å². The standard InChI is InChI=1S/C41H30Br2INO6/c1-51-31-19-29(35(42)36(43)38(31)48)34-25-16-17-26-33(40(50)45(39(26)49)24-14-12-23(44)13-15-24)28(25)18-30-37(47)27(21-8-4-2-5-9-21)20-32(46)41(30,34)22-10-6-3-7-11-22/h2-16,19-20,26,28,30,33-34,48H,17-18H2,1H3/t26-,28+,30-,33-,34+,41-/m0/s1. The van der Waals surface area contributed by atoms with E-state index in [-0.39, 0.29) is 41.3 Å². The number of ketones is 2. The van der Waals surface area contributed by atoms with E-state index in [1.165, 1.54) is 18.1 Å². The number of rotatable bonds is 5. The average molecular weight is 919 g/mol. The molecule has 4 aromatic carbocycles. The first kappa shape index (κ1) is 34.2. The number of benzene rings is 4. The number of allylic oxidation sites excluding steroid dienone is 4. The van der Waals surface area contributed by atoms with E-state index in [9.17, 15) is 14.7 Å². The fourth-order valence-electron chi connectivity index (χ4n) is 9.04. The molecule has 0 spiro atoms. The number of amides is 2. The summed E-state index contributed by atoms with van der Waals surface area (Å²) in [4.78, 5) is 60.4. The number of phenols is 1. The fourth-order valence-corrected chi connectivity index (χ4v) is 10.4. The molecule has 2 amide bonds. The molecule has 0 radical (unpaired) electrons. The van der Waals surface area contributed by atoms with Crippen LogP contribution < -0.4 is 9.64 Å². The lowest BCUT2D eigenvalue weighted by atomic mass is 9.44. The van der Waals surface area contributed by atoms with Gasteiger partial charge in [-0.25, -0.2) is 0 Å². The van der Waals surface area contributed by atoms with Crippen LogP contribution in [-0.4, -0.2) is 35.6 Å². The van der Waals surface area contributed by atoms with Crippen molar-refractivity contribution in [1.82, 2.24) is 0 Å². The van der Waals surface area contributed by atoms with E-state index in [0.717, 1.165) is 9.14 Å². The Morgan fingerprint density at radius 3 is 2.20 bits per heavy atom. The van der Waals surface area contributed by atoms with Crippen LogP contribution in [0.15, 0.2) is 118 Å². The minimum atomic E-state index is -1.42. The second kappa shape index (κ2) is 13.0. The smallest absolute Gasteiger partial charge is 0.238 e. The topological polar surface area (TPSA) is 101 Å². The van der Waals surface area contributed by atoms with Gasteiger partial charge < -0.3 is 9.84 Å². The van der Waals surface area contributed by atoms with E-state index in [1.807, 2.05) is 78.9 Å². The number of hydrogen-bond acceptors (Lipinski definition) is 6. The zero-order chi connectivity index (χ0) is 35.8. The summed E-state index contributed by atoms with van der Waals surface area (Å²) < 4.78 is 7.44. The minimum absolute atomic E-state index is 0.120. The summed E-state index contributed by atoms with van der Waals surface area (Å²) in [6.45, 7) is 0. The zero-order valence-electron chi connectivity index (χ0n) is 27.2. The van der Waals surface area contributed by atoms with Gasteiger partial charge in [-0.15, -0.1) is 0 Å². The summed E-state index contributed by atoms with van der Waals surface area (Å²) in [5.74, 6) is -4.46. The number of hydrogen-bond donors (Lipinski definition) is 1. The average Bonchev–Trinajstić information content (AvgIpc) is 3.41. The SMILES string of the molecule is COc1cc([C@H]2C3=CC[C@@H]4C(=O)N(c5ccc(I)cc5)C(=O)[C@@H]4[C@@H]3C[C@H]3C(=O)C(c4ccccc4)=CC(=O)[C@@]23c2ccccc2)c(Br)c(Br)c1O. The number of anilines is 1. The van der Waals surface area contributed by atoms with Gasteiger partial charge in [0.1, 0.15) is 0 Å². The third-order valence-corrected chi connectivity index (χ3v) is 14.0. The summed E-state index contributed by atoms with van der Waals surface area (Å²) in [6, 6.07) is 27.6. The number of methoxy groups -OCH3 is 1. The Bertz CT molecular complexity index is 2200. The van der Waals surface area contributed by atoms with E-state index < -0.39 is 35.0 Å². The number of aromatic hydroxyl groups is 1. The number of halogens is 3. The molecule has 2 fully saturated rings. The van der Waals surface area contributed by atoms with Crippen LogP contribution in [0, 0.1) is 27.2 Å². The zero-order valence-corrected chi connectivity index (χ0v) is 32.5. The summed E-state index contributed by atoms with van der Waals surface area (Å²) in [6.07, 6.45) is 4.01. The van der Waals surface area contributed by atoms with Crippen molar-refractivity contribution in [2.75, 3.05) is 12.0 Å². The van der Waals surface area contributed by atoms with Crippen LogP contribution in [0.1, 0.15) is 35.4 Å². The number of Topliss-reactive ketones (excluding diaryl/α,β-unsaturated/α-hetero) is 1. The van der Waals surface area contributed by atoms with Crippen molar-refractivity contribution in [2.45, 2.75) is 24.2 Å². The Morgan fingerprint density at radius 1 is 0.863 bits per heavy atom. The molecule has 7 nitrogen and oxygen atoms in total. The van der Waals surface area contributed by atoms with E-state index in [4.69, 9.17) is 4.74 Å². The highest BCUT2D eigenvalue weighted by molar-refractivity contribution is 14.1. The molecule has 8 rings (SSSR count). The van der Waals surface area contributed by atoms with Gasteiger partial charge in [0.15, 0.2) is 23.1 Å². The van der Waals surface area contributed by atoms with Gasteiger partial charge in [0.25, 0.3) is 0 Å². The van der Waals surface area contributed by atoms with Crippen LogP contribution in [0.2, 0.25) is 0 Å². The van der Waals surface area contributed by atoms with Crippen molar-refractivity contribution in [3.63, 3.8) is 0 Å². The molecule has 0 aromatic heterocycles. The van der Waals surface area contributed by atoms with Crippen molar-refractivity contribution < 1.29 is 29.0 Å². The summed E-state index contributed by atoms with van der Waals surface area (Å²) in [7, 11) is 1.45. The summed E-state index contributed by atoms with van der Waals surface area (Å²) in [5.41, 5.74) is 2.17. The molecule has 1 saturated heterocycles. The Labute approximate surface area is 325 Å². The van der Waals surface area contributed by atoms with Crippen molar-refractivity contribution in [2.24, 2.45) is 23.7 Å². The lowest BCUT2D eigenvalue weighted by Crippen LogP contribution is -2.59. The van der Waals surface area contributed by atoms with Crippen LogP contribution >= 0.6 is 54.5 Å². The lowest BCUT2D eigenvalue weighted by Gasteiger charge is -2.55. The number of fused-ring (bicyclic) bond motifs is 4. The van der Waals surface area contributed by atoms with E-state index in [2.05, 4.69) is 54.5 Å². The maximum Gasteiger partial charge on any atom is 0.238 e. The number of carbonyl (C=O) groups excluding carboxylic acids is 4. The third kappa shape index (κ3) is 5.07. The molecule has 6 atom stereocenters. The molecule has 4 aliphatic rings. The highest BCUT2D eigenvalue weighted by atomic mass is 127. The van der Waals surface area contributed by atoms with Crippen molar-refractivity contribution >= 4 is 89.1 Å². The molecule has 4 aromatic rings. The molecule has 51 heavy (non-hydrogen) atoms. The van der Waals surface area contributed by atoms with Gasteiger partial charge in [-0.3, -0.25) is 24.1 Å². The Balaban J connectivity index is 1.40. The predicted molar refractivity (Wildman–Crippen MR) is 208 cm³/mol. The van der Waals surface area contributed by atoms with Gasteiger partial charge in [0, 0.05) is 25.5 Å². The molecule has 3 aliphatic carbocycles. The van der Waals surface area contributed by atoms with Gasteiger partial charge in [0.2, 0.25) is 11.8 Å². The second-order valence-corrected chi connectivity index (χ2v) is 16.3. The number of ether oxygens (including phenoxy) is 1. The van der Waals surface area contributed by atoms with Crippen LogP contribution in [0.5, 0.6) is 11.5 Å². The normalized spacial score (nSPS) is 27.0. The van der Waals surface area contributed by atoms with Gasteiger partial charge in [-0.1, -0.05) is 72.3 Å². The maximum absolute atomic E-state index is 15.3. The largest absolute Gasteiger partial charge is 0.503 e. The van der Waals surface area contributed by atoms with E-state index in [1.54, 1.807) is 18.2 Å². The maximum atomic E-state index is 15.3. The predicted octanol–water partition coefficient (Wildman–Crippen LogP) is 8.56. The first-order chi connectivity index (χ1) is 24.6. The Hall–Kier alpha value is -3.87. The van der Waals surface area contributed by atoms with Crippen molar-refractivity contribution in [3.8, 4) is 11.5 Å². The third-order valence-electron chi connectivity index (χ3n) is 11.2. The van der Waals surface area contributed by atoms with Crippen LogP contribution in [-0.2, 0) is 24.6 Å². The quantitative estimate of drug-likeness (QED) is 0.122. The van der Waals surface area contributed by atoms with Crippen molar-refractivity contribution in [3.05, 3.63) is 138 Å². The first-order valence-corrected chi connectivity index (χ1v) is 19.3. The van der Waals surface area contributed by atoms with E-state index in [0.29, 0.717) is 43.3 Å². The monoisotopic (exact) mass is 917 g/mol.